The van der Waals surface area contributed by atoms with Crippen LogP contribution in [0, 0.1) is 13.8 Å². The van der Waals surface area contributed by atoms with Crippen LogP contribution in [0.15, 0.2) is 30.3 Å². The highest BCUT2D eigenvalue weighted by Gasteiger charge is 2.14. The molecule has 0 saturated carbocycles. The van der Waals surface area contributed by atoms with Gasteiger partial charge in [0.15, 0.2) is 0 Å². The van der Waals surface area contributed by atoms with Crippen molar-refractivity contribution < 1.29 is 0 Å². The van der Waals surface area contributed by atoms with E-state index in [-0.39, 0.29) is 0 Å². The topological polar surface area (TPSA) is 12.0 Å². The van der Waals surface area contributed by atoms with Gasteiger partial charge in [0.1, 0.15) is 0 Å². The minimum absolute atomic E-state index is 0.420. The SMILES string of the molecule is CCNC(Cc1ccc(CC)s1)c1ccc(C)cc1C. The summed E-state index contributed by atoms with van der Waals surface area (Å²) in [5, 5.41) is 3.64. The van der Waals surface area contributed by atoms with E-state index in [1.165, 1.54) is 26.4 Å². The van der Waals surface area contributed by atoms with Crippen LogP contribution in [0.5, 0.6) is 0 Å². The fourth-order valence-corrected chi connectivity index (χ4v) is 3.68. The van der Waals surface area contributed by atoms with E-state index in [9.17, 15) is 0 Å². The molecule has 20 heavy (non-hydrogen) atoms. The van der Waals surface area contributed by atoms with Gasteiger partial charge >= 0.3 is 0 Å². The van der Waals surface area contributed by atoms with Crippen molar-refractivity contribution in [1.82, 2.24) is 5.32 Å². The third-order valence-electron chi connectivity index (χ3n) is 3.72. The highest BCUT2D eigenvalue weighted by atomic mass is 32.1. The fourth-order valence-electron chi connectivity index (χ4n) is 2.68. The van der Waals surface area contributed by atoms with Gasteiger partial charge in [-0.15, -0.1) is 11.3 Å². The molecule has 0 aliphatic carbocycles. The minimum atomic E-state index is 0.420. The third-order valence-corrected chi connectivity index (χ3v) is 4.97. The molecule has 0 amide bonds. The lowest BCUT2D eigenvalue weighted by Gasteiger charge is -2.20. The molecular weight excluding hydrogens is 262 g/mol. The number of hydrogen-bond donors (Lipinski definition) is 1. The number of likely N-dealkylation sites (N-methyl/N-ethyl adjacent to an activating group) is 1. The molecule has 0 radical (unpaired) electrons. The molecule has 0 aliphatic heterocycles. The molecule has 1 aromatic heterocycles. The van der Waals surface area contributed by atoms with E-state index in [4.69, 9.17) is 0 Å². The average molecular weight is 287 g/mol. The molecule has 2 aromatic rings. The Bertz CT molecular complexity index is 556. The van der Waals surface area contributed by atoms with Crippen LogP contribution in [0.25, 0.3) is 0 Å². The van der Waals surface area contributed by atoms with Crippen LogP contribution in [0.2, 0.25) is 0 Å². The first-order valence-corrected chi connectivity index (χ1v) is 8.33. The van der Waals surface area contributed by atoms with E-state index in [0.717, 1.165) is 19.4 Å². The zero-order valence-corrected chi connectivity index (χ0v) is 13.8. The Morgan fingerprint density at radius 3 is 2.40 bits per heavy atom. The van der Waals surface area contributed by atoms with E-state index in [1.807, 2.05) is 11.3 Å². The fraction of sp³-hybridized carbons (Fsp3) is 0.444. The highest BCUT2D eigenvalue weighted by molar-refractivity contribution is 7.11. The predicted molar refractivity (Wildman–Crippen MR) is 89.7 cm³/mol. The predicted octanol–water partition coefficient (Wildman–Crippen LogP) is 4.82. The Hall–Kier alpha value is -1.12. The maximum atomic E-state index is 3.64. The van der Waals surface area contributed by atoms with Gasteiger partial charge in [-0.25, -0.2) is 0 Å². The molecular formula is C18H25NS. The molecule has 1 aromatic carbocycles. The molecule has 1 nitrogen and oxygen atoms in total. The zero-order chi connectivity index (χ0) is 14.5. The number of benzene rings is 1. The maximum Gasteiger partial charge on any atom is 0.0371 e. The van der Waals surface area contributed by atoms with E-state index in [0.29, 0.717) is 6.04 Å². The summed E-state index contributed by atoms with van der Waals surface area (Å²) < 4.78 is 0. The van der Waals surface area contributed by atoms with E-state index in [2.05, 4.69) is 63.3 Å². The van der Waals surface area contributed by atoms with Crippen LogP contribution in [-0.2, 0) is 12.8 Å². The first kappa shape index (κ1) is 15.3. The van der Waals surface area contributed by atoms with Crippen molar-refractivity contribution in [2.45, 2.75) is 46.6 Å². The third kappa shape index (κ3) is 3.71. The second kappa shape index (κ2) is 7.05. The van der Waals surface area contributed by atoms with Gasteiger partial charge in [0.25, 0.3) is 0 Å². The molecule has 1 atom stereocenters. The molecule has 2 heteroatoms. The van der Waals surface area contributed by atoms with E-state index < -0.39 is 0 Å². The summed E-state index contributed by atoms with van der Waals surface area (Å²) in [6.07, 6.45) is 2.22. The number of thiophene rings is 1. The Morgan fingerprint density at radius 2 is 1.80 bits per heavy atom. The molecule has 108 valence electrons. The van der Waals surface area contributed by atoms with Gasteiger partial charge in [-0.3, -0.25) is 0 Å². The summed E-state index contributed by atoms with van der Waals surface area (Å²) >= 11 is 1.95. The second-order valence-corrected chi connectivity index (χ2v) is 6.65. The number of hydrogen-bond acceptors (Lipinski definition) is 2. The Kier molecular flexibility index (Phi) is 5.38. The molecule has 0 aliphatic rings. The Labute approximate surface area is 127 Å². The molecule has 2 rings (SSSR count). The van der Waals surface area contributed by atoms with Crippen LogP contribution in [0.4, 0.5) is 0 Å². The quantitative estimate of drug-likeness (QED) is 0.803. The standard InChI is InChI=1S/C18H25NS/c1-5-15-8-9-16(20-15)12-18(19-6-2)17-10-7-13(3)11-14(17)4/h7-11,18-19H,5-6,12H2,1-4H3. The van der Waals surface area contributed by atoms with E-state index in [1.54, 1.807) is 0 Å². The Morgan fingerprint density at radius 1 is 1.05 bits per heavy atom. The first-order chi connectivity index (χ1) is 9.63. The molecule has 1 heterocycles. The highest BCUT2D eigenvalue weighted by Crippen LogP contribution is 2.26. The van der Waals surface area contributed by atoms with Gasteiger partial charge in [0.05, 0.1) is 0 Å². The smallest absolute Gasteiger partial charge is 0.0371 e. The van der Waals surface area contributed by atoms with Gasteiger partial charge in [-0.1, -0.05) is 37.6 Å². The number of rotatable bonds is 6. The van der Waals surface area contributed by atoms with Gasteiger partial charge in [0, 0.05) is 22.2 Å². The first-order valence-electron chi connectivity index (χ1n) is 7.52. The average Bonchev–Trinajstić information content (AvgIpc) is 2.86. The maximum absolute atomic E-state index is 3.64. The summed E-state index contributed by atoms with van der Waals surface area (Å²) in [4.78, 5) is 2.96. The van der Waals surface area contributed by atoms with Crippen molar-refractivity contribution >= 4 is 11.3 Å². The van der Waals surface area contributed by atoms with Crippen molar-refractivity contribution in [3.05, 3.63) is 56.8 Å². The zero-order valence-electron chi connectivity index (χ0n) is 13.0. The van der Waals surface area contributed by atoms with Crippen molar-refractivity contribution in [2.75, 3.05) is 6.54 Å². The van der Waals surface area contributed by atoms with Crippen LogP contribution >= 0.6 is 11.3 Å². The van der Waals surface area contributed by atoms with Crippen LogP contribution in [-0.4, -0.2) is 6.54 Å². The van der Waals surface area contributed by atoms with Gasteiger partial charge < -0.3 is 5.32 Å². The monoisotopic (exact) mass is 287 g/mol. The normalized spacial score (nSPS) is 12.6. The minimum Gasteiger partial charge on any atom is -0.310 e. The van der Waals surface area contributed by atoms with Gasteiger partial charge in [-0.05, 0) is 50.1 Å². The summed E-state index contributed by atoms with van der Waals surface area (Å²) in [7, 11) is 0. The molecule has 0 spiro atoms. The summed E-state index contributed by atoms with van der Waals surface area (Å²) in [5.41, 5.74) is 4.16. The molecule has 1 unspecified atom stereocenters. The van der Waals surface area contributed by atoms with Gasteiger partial charge in [-0.2, -0.15) is 0 Å². The lowest BCUT2D eigenvalue weighted by atomic mass is 9.96. The number of nitrogens with one attached hydrogen (secondary N) is 1. The molecule has 1 N–H and O–H groups in total. The van der Waals surface area contributed by atoms with Gasteiger partial charge in [0.2, 0.25) is 0 Å². The van der Waals surface area contributed by atoms with Crippen molar-refractivity contribution in [3.63, 3.8) is 0 Å². The molecule has 0 saturated heterocycles. The largest absolute Gasteiger partial charge is 0.310 e. The molecule has 0 bridgehead atoms. The molecule has 0 fully saturated rings. The summed E-state index contributed by atoms with van der Waals surface area (Å²) in [5.74, 6) is 0. The Balaban J connectivity index is 2.21. The summed E-state index contributed by atoms with van der Waals surface area (Å²) in [6.45, 7) is 9.79. The van der Waals surface area contributed by atoms with Crippen molar-refractivity contribution in [3.8, 4) is 0 Å². The second-order valence-electron chi connectivity index (χ2n) is 5.40. The van der Waals surface area contributed by atoms with Crippen LogP contribution < -0.4 is 5.32 Å². The van der Waals surface area contributed by atoms with Crippen LogP contribution in [0.1, 0.15) is 46.3 Å². The van der Waals surface area contributed by atoms with Crippen molar-refractivity contribution in [1.29, 1.82) is 0 Å². The number of aryl methyl sites for hydroxylation is 3. The van der Waals surface area contributed by atoms with E-state index >= 15 is 0 Å². The van der Waals surface area contributed by atoms with Crippen molar-refractivity contribution in [2.24, 2.45) is 0 Å². The summed E-state index contributed by atoms with van der Waals surface area (Å²) in [6, 6.07) is 11.8. The lowest BCUT2D eigenvalue weighted by Crippen LogP contribution is -2.23. The van der Waals surface area contributed by atoms with Crippen LogP contribution in [0.3, 0.4) is 0 Å². The lowest BCUT2D eigenvalue weighted by molar-refractivity contribution is 0.551.